The fraction of sp³-hybridized carbons (Fsp3) is 0.375. The van der Waals surface area contributed by atoms with Crippen LogP contribution in [-0.2, 0) is 11.2 Å². The maximum atomic E-state index is 12.9. The molecular weight excluding hydrogens is 467 g/mol. The van der Waals surface area contributed by atoms with Gasteiger partial charge in [0, 0.05) is 50.0 Å². The number of oxazole rings is 1. The van der Waals surface area contributed by atoms with E-state index in [4.69, 9.17) is 4.42 Å². The van der Waals surface area contributed by atoms with Crippen LogP contribution < -0.4 is 10.5 Å². The highest BCUT2D eigenvalue weighted by molar-refractivity contribution is 5.97. The van der Waals surface area contributed by atoms with Crippen molar-refractivity contribution < 1.29 is 31.9 Å². The topological polar surface area (TPSA) is 95.9 Å². The Bertz CT molecular complexity index is 1300. The summed E-state index contributed by atoms with van der Waals surface area (Å²) in [5.74, 6) is -0.637. The van der Waals surface area contributed by atoms with Crippen LogP contribution >= 0.6 is 0 Å². The van der Waals surface area contributed by atoms with Crippen LogP contribution in [0.25, 0.3) is 11.1 Å². The number of hydrogen-bond donors (Lipinski definition) is 1. The van der Waals surface area contributed by atoms with Gasteiger partial charge in [-0.05, 0) is 42.3 Å². The van der Waals surface area contributed by atoms with Gasteiger partial charge in [-0.3, -0.25) is 14.6 Å². The monoisotopic (exact) mass is 489 g/mol. The zero-order valence-electron chi connectivity index (χ0n) is 18.5. The fourth-order valence-electron chi connectivity index (χ4n) is 4.89. The van der Waals surface area contributed by atoms with Gasteiger partial charge in [-0.15, -0.1) is 13.2 Å². The molecule has 2 atom stereocenters. The summed E-state index contributed by atoms with van der Waals surface area (Å²) in [4.78, 5) is 43.1. The Morgan fingerprint density at radius 3 is 2.31 bits per heavy atom. The van der Waals surface area contributed by atoms with Crippen LogP contribution in [0.1, 0.15) is 22.3 Å². The highest BCUT2D eigenvalue weighted by atomic mass is 19.4. The first-order valence-corrected chi connectivity index (χ1v) is 11.2. The molecule has 5 rings (SSSR count). The third-order valence-electron chi connectivity index (χ3n) is 6.58. The number of ether oxygens (including phenoxy) is 1. The molecule has 2 aliphatic rings. The summed E-state index contributed by atoms with van der Waals surface area (Å²) in [5.41, 5.74) is 2.06. The van der Waals surface area contributed by atoms with E-state index < -0.39 is 12.1 Å². The molecule has 35 heavy (non-hydrogen) atoms. The summed E-state index contributed by atoms with van der Waals surface area (Å²) in [6, 6.07) is 10.4. The van der Waals surface area contributed by atoms with E-state index in [9.17, 15) is 27.6 Å². The minimum absolute atomic E-state index is 0.0131. The lowest BCUT2D eigenvalue weighted by atomic mass is 10.0. The highest BCUT2D eigenvalue weighted by Gasteiger charge is 2.43. The second-order valence-electron chi connectivity index (χ2n) is 8.95. The number of nitrogens with one attached hydrogen (secondary N) is 1. The summed E-state index contributed by atoms with van der Waals surface area (Å²) in [5, 5.41) is 0. The zero-order valence-corrected chi connectivity index (χ0v) is 18.5. The molecule has 184 valence electrons. The van der Waals surface area contributed by atoms with Gasteiger partial charge >= 0.3 is 12.1 Å². The number of carbonyl (C=O) groups is 2. The van der Waals surface area contributed by atoms with E-state index in [0.29, 0.717) is 49.3 Å². The van der Waals surface area contributed by atoms with E-state index in [0.717, 1.165) is 5.56 Å². The predicted molar refractivity (Wildman–Crippen MR) is 118 cm³/mol. The molecule has 0 radical (unpaired) electrons. The van der Waals surface area contributed by atoms with Gasteiger partial charge in [0.25, 0.3) is 5.91 Å². The number of amides is 2. The lowest BCUT2D eigenvalue weighted by molar-refractivity contribution is -0.274. The second-order valence-corrected chi connectivity index (χ2v) is 8.95. The minimum Gasteiger partial charge on any atom is -0.408 e. The number of aromatic nitrogens is 1. The smallest absolute Gasteiger partial charge is 0.408 e. The molecule has 1 aromatic heterocycles. The van der Waals surface area contributed by atoms with E-state index in [1.54, 1.807) is 28.0 Å². The minimum atomic E-state index is -4.74. The average Bonchev–Trinajstić information content (AvgIpc) is 3.48. The molecule has 3 aromatic rings. The van der Waals surface area contributed by atoms with Crippen molar-refractivity contribution >= 4 is 22.9 Å². The summed E-state index contributed by atoms with van der Waals surface area (Å²) in [6.07, 6.45) is -4.07. The molecule has 0 unspecified atom stereocenters. The standard InChI is InChI=1S/C24H22F3N3O5/c25-24(26,27)35-18-5-1-14(2-6-18)3-8-21(31)29-10-16-12-30(13-17(16)11-29)22(32)15-4-7-19-20(9-15)34-23(33)28-19/h1-2,4-7,9,16-17H,3,8,10-13H2,(H,28,33)/t16-,17-/m0/s1. The third kappa shape index (κ3) is 5.03. The van der Waals surface area contributed by atoms with Gasteiger partial charge in [-0.2, -0.15) is 0 Å². The number of rotatable bonds is 5. The molecule has 0 bridgehead atoms. The average molecular weight is 489 g/mol. The van der Waals surface area contributed by atoms with Crippen molar-refractivity contribution in [3.05, 3.63) is 64.1 Å². The van der Waals surface area contributed by atoms with Crippen molar-refractivity contribution in [1.82, 2.24) is 14.8 Å². The SMILES string of the molecule is O=C(CCc1ccc(OC(F)(F)F)cc1)N1C[C@H]2CN(C(=O)c3ccc4[nH]c(=O)oc4c3)C[C@@H]2C1. The summed E-state index contributed by atoms with van der Waals surface area (Å²) in [7, 11) is 0. The molecular formula is C24H22F3N3O5. The van der Waals surface area contributed by atoms with E-state index in [1.807, 2.05) is 0 Å². The van der Waals surface area contributed by atoms with Crippen molar-refractivity contribution in [3.8, 4) is 5.75 Å². The Balaban J connectivity index is 1.12. The number of H-pyrrole nitrogens is 1. The van der Waals surface area contributed by atoms with Crippen molar-refractivity contribution in [2.24, 2.45) is 11.8 Å². The molecule has 2 amide bonds. The van der Waals surface area contributed by atoms with Gasteiger partial charge in [-0.25, -0.2) is 4.79 Å². The van der Waals surface area contributed by atoms with Gasteiger partial charge in [-0.1, -0.05) is 12.1 Å². The molecule has 2 aliphatic heterocycles. The largest absolute Gasteiger partial charge is 0.573 e. The first kappa shape index (κ1) is 23.0. The number of fused-ring (bicyclic) bond motifs is 2. The number of hydrogen-bond acceptors (Lipinski definition) is 5. The molecule has 2 aromatic carbocycles. The van der Waals surface area contributed by atoms with Gasteiger partial charge in [0.1, 0.15) is 5.75 Å². The molecule has 1 N–H and O–H groups in total. The van der Waals surface area contributed by atoms with E-state index >= 15 is 0 Å². The summed E-state index contributed by atoms with van der Waals surface area (Å²) in [6.45, 7) is 2.22. The quantitative estimate of drug-likeness (QED) is 0.594. The zero-order chi connectivity index (χ0) is 24.7. The number of halogens is 3. The maximum absolute atomic E-state index is 12.9. The Morgan fingerprint density at radius 1 is 1.00 bits per heavy atom. The predicted octanol–water partition coefficient (Wildman–Crippen LogP) is 3.18. The summed E-state index contributed by atoms with van der Waals surface area (Å²) >= 11 is 0. The van der Waals surface area contributed by atoms with Crippen LogP contribution in [0.2, 0.25) is 0 Å². The van der Waals surface area contributed by atoms with Crippen LogP contribution in [0, 0.1) is 11.8 Å². The maximum Gasteiger partial charge on any atom is 0.573 e. The van der Waals surface area contributed by atoms with E-state index in [1.165, 1.54) is 24.3 Å². The van der Waals surface area contributed by atoms with Gasteiger partial charge < -0.3 is 19.0 Å². The van der Waals surface area contributed by atoms with Crippen LogP contribution in [0.15, 0.2) is 51.7 Å². The molecule has 11 heteroatoms. The number of alkyl halides is 3. The second kappa shape index (κ2) is 8.79. The Kier molecular flexibility index (Phi) is 5.78. The Morgan fingerprint density at radius 2 is 1.66 bits per heavy atom. The number of carbonyl (C=O) groups excluding carboxylic acids is 2. The number of aryl methyl sites for hydroxylation is 1. The van der Waals surface area contributed by atoms with Crippen LogP contribution in [0.4, 0.5) is 13.2 Å². The van der Waals surface area contributed by atoms with E-state index in [-0.39, 0.29) is 35.8 Å². The van der Waals surface area contributed by atoms with Crippen molar-refractivity contribution in [1.29, 1.82) is 0 Å². The lowest BCUT2D eigenvalue weighted by Gasteiger charge is -2.22. The van der Waals surface area contributed by atoms with Crippen molar-refractivity contribution in [2.45, 2.75) is 19.2 Å². The summed E-state index contributed by atoms with van der Waals surface area (Å²) < 4.78 is 45.7. The number of aromatic amines is 1. The van der Waals surface area contributed by atoms with Crippen LogP contribution in [-0.4, -0.2) is 59.1 Å². The number of nitrogens with zero attached hydrogens (tertiary/aromatic N) is 2. The molecule has 2 saturated heterocycles. The van der Waals surface area contributed by atoms with Gasteiger partial charge in [0.05, 0.1) is 5.52 Å². The molecule has 0 aliphatic carbocycles. The third-order valence-corrected chi connectivity index (χ3v) is 6.58. The molecule has 8 nitrogen and oxygen atoms in total. The highest BCUT2D eigenvalue weighted by Crippen LogP contribution is 2.32. The van der Waals surface area contributed by atoms with Crippen LogP contribution in [0.3, 0.4) is 0 Å². The Hall–Kier alpha value is -3.76. The van der Waals surface area contributed by atoms with Gasteiger partial charge in [0.15, 0.2) is 5.58 Å². The fourth-order valence-corrected chi connectivity index (χ4v) is 4.89. The normalized spacial score (nSPS) is 19.9. The lowest BCUT2D eigenvalue weighted by Crippen LogP contribution is -2.35. The first-order chi connectivity index (χ1) is 16.6. The van der Waals surface area contributed by atoms with Gasteiger partial charge in [0.2, 0.25) is 5.91 Å². The molecule has 2 fully saturated rings. The first-order valence-electron chi connectivity index (χ1n) is 11.2. The number of benzene rings is 2. The molecule has 0 saturated carbocycles. The molecule has 3 heterocycles. The number of likely N-dealkylation sites (tertiary alicyclic amines) is 2. The van der Waals surface area contributed by atoms with Crippen molar-refractivity contribution in [2.75, 3.05) is 26.2 Å². The Labute approximate surface area is 197 Å². The van der Waals surface area contributed by atoms with E-state index in [2.05, 4.69) is 9.72 Å². The van der Waals surface area contributed by atoms with Crippen LogP contribution in [0.5, 0.6) is 5.75 Å². The van der Waals surface area contributed by atoms with Crippen molar-refractivity contribution in [3.63, 3.8) is 0 Å². The molecule has 0 spiro atoms.